The molecule has 5 nitrogen and oxygen atoms in total. The van der Waals surface area contributed by atoms with Gasteiger partial charge < -0.3 is 10.1 Å². The minimum Gasteiger partial charge on any atom is -0.465 e. The number of nitrogens with one attached hydrogen (secondary N) is 1. The molecule has 2 rings (SSSR count). The standard InChI is InChI=1S/C21H25NO4S/c1-5-16-6-10-18(11-7-16)22-14-20(21(23)26-4)27(24,25)19-12-8-17(9-13-19)15(2)3/h6-15,22H,5H2,1-4H3. The number of carbonyl (C=O) groups is 1. The van der Waals surface area contributed by atoms with Crippen LogP contribution < -0.4 is 5.32 Å². The number of ether oxygens (including phenoxy) is 1. The van der Waals surface area contributed by atoms with Gasteiger partial charge in [0.15, 0.2) is 4.91 Å². The van der Waals surface area contributed by atoms with Crippen molar-refractivity contribution < 1.29 is 17.9 Å². The fraction of sp³-hybridized carbons (Fsp3) is 0.286. The molecule has 27 heavy (non-hydrogen) atoms. The lowest BCUT2D eigenvalue weighted by atomic mass is 10.0. The average molecular weight is 388 g/mol. The first-order valence-corrected chi connectivity index (χ1v) is 10.3. The second kappa shape index (κ2) is 8.86. The molecule has 0 unspecified atom stereocenters. The van der Waals surface area contributed by atoms with Crippen molar-refractivity contribution in [2.45, 2.75) is 38.0 Å². The molecule has 0 heterocycles. The summed E-state index contributed by atoms with van der Waals surface area (Å²) in [4.78, 5) is 11.7. The third-order valence-electron chi connectivity index (χ3n) is 4.27. The van der Waals surface area contributed by atoms with Crippen LogP contribution in [0.4, 0.5) is 5.69 Å². The van der Waals surface area contributed by atoms with Crippen LogP contribution in [-0.4, -0.2) is 21.5 Å². The summed E-state index contributed by atoms with van der Waals surface area (Å²) in [5.74, 6) is -0.634. The van der Waals surface area contributed by atoms with Gasteiger partial charge >= 0.3 is 5.97 Å². The first-order chi connectivity index (χ1) is 12.8. The molecular weight excluding hydrogens is 362 g/mol. The van der Waals surface area contributed by atoms with Crippen molar-refractivity contribution in [3.05, 3.63) is 70.8 Å². The summed E-state index contributed by atoms with van der Waals surface area (Å²) in [5.41, 5.74) is 2.86. The number of hydrogen-bond acceptors (Lipinski definition) is 5. The van der Waals surface area contributed by atoms with Crippen LogP contribution in [0.5, 0.6) is 0 Å². The van der Waals surface area contributed by atoms with Crippen LogP contribution in [-0.2, 0) is 25.8 Å². The first kappa shape index (κ1) is 20.7. The van der Waals surface area contributed by atoms with Crippen molar-refractivity contribution in [3.8, 4) is 0 Å². The Morgan fingerprint density at radius 1 is 1.07 bits per heavy atom. The zero-order valence-corrected chi connectivity index (χ0v) is 16.8. The maximum absolute atomic E-state index is 12.9. The fourth-order valence-corrected chi connectivity index (χ4v) is 3.76. The zero-order valence-electron chi connectivity index (χ0n) is 16.0. The summed E-state index contributed by atoms with van der Waals surface area (Å²) < 4.78 is 30.5. The highest BCUT2D eigenvalue weighted by atomic mass is 32.2. The molecule has 0 aromatic heterocycles. The maximum Gasteiger partial charge on any atom is 0.351 e. The normalized spacial score (nSPS) is 12.1. The first-order valence-electron chi connectivity index (χ1n) is 8.78. The molecule has 0 atom stereocenters. The van der Waals surface area contributed by atoms with Crippen LogP contribution in [0, 0.1) is 0 Å². The summed E-state index contributed by atoms with van der Waals surface area (Å²) in [7, 11) is -2.86. The van der Waals surface area contributed by atoms with Crippen molar-refractivity contribution in [1.29, 1.82) is 0 Å². The van der Waals surface area contributed by atoms with E-state index in [4.69, 9.17) is 0 Å². The number of methoxy groups -OCH3 is 1. The fourth-order valence-electron chi connectivity index (χ4n) is 2.49. The second-order valence-electron chi connectivity index (χ2n) is 6.42. The van der Waals surface area contributed by atoms with Gasteiger partial charge in [0, 0.05) is 11.9 Å². The van der Waals surface area contributed by atoms with Gasteiger partial charge in [-0.15, -0.1) is 0 Å². The van der Waals surface area contributed by atoms with E-state index in [0.717, 1.165) is 24.7 Å². The number of sulfone groups is 1. The zero-order chi connectivity index (χ0) is 20.0. The van der Waals surface area contributed by atoms with Gasteiger partial charge in [0.05, 0.1) is 12.0 Å². The molecule has 0 radical (unpaired) electrons. The van der Waals surface area contributed by atoms with Crippen LogP contribution in [0.3, 0.4) is 0 Å². The van der Waals surface area contributed by atoms with E-state index >= 15 is 0 Å². The largest absolute Gasteiger partial charge is 0.465 e. The van der Waals surface area contributed by atoms with E-state index in [1.54, 1.807) is 12.1 Å². The van der Waals surface area contributed by atoms with Crippen LogP contribution in [0.25, 0.3) is 0 Å². The highest BCUT2D eigenvalue weighted by Crippen LogP contribution is 2.23. The van der Waals surface area contributed by atoms with Crippen LogP contribution in [0.2, 0.25) is 0 Å². The molecular formula is C21H25NO4S. The van der Waals surface area contributed by atoms with E-state index in [1.807, 2.05) is 38.1 Å². The van der Waals surface area contributed by atoms with E-state index in [9.17, 15) is 13.2 Å². The molecule has 144 valence electrons. The Kier molecular flexibility index (Phi) is 6.80. The van der Waals surface area contributed by atoms with E-state index in [2.05, 4.69) is 17.0 Å². The van der Waals surface area contributed by atoms with Crippen molar-refractivity contribution in [1.82, 2.24) is 0 Å². The quantitative estimate of drug-likeness (QED) is 0.567. The molecule has 0 amide bonds. The Balaban J connectivity index is 2.36. The lowest BCUT2D eigenvalue weighted by Crippen LogP contribution is -2.17. The van der Waals surface area contributed by atoms with Gasteiger partial charge in [0.1, 0.15) is 0 Å². The van der Waals surface area contributed by atoms with E-state index in [1.165, 1.54) is 18.3 Å². The molecule has 2 aromatic rings. The molecule has 0 aliphatic heterocycles. The van der Waals surface area contributed by atoms with Crippen LogP contribution >= 0.6 is 0 Å². The topological polar surface area (TPSA) is 72.5 Å². The van der Waals surface area contributed by atoms with Crippen molar-refractivity contribution in [3.63, 3.8) is 0 Å². The van der Waals surface area contributed by atoms with Crippen LogP contribution in [0.1, 0.15) is 37.8 Å². The highest BCUT2D eigenvalue weighted by Gasteiger charge is 2.28. The third-order valence-corrected chi connectivity index (χ3v) is 6.02. The van der Waals surface area contributed by atoms with Gasteiger partial charge in [0.2, 0.25) is 9.84 Å². The average Bonchev–Trinajstić information content (AvgIpc) is 2.68. The van der Waals surface area contributed by atoms with Crippen molar-refractivity contribution in [2.75, 3.05) is 12.4 Å². The Morgan fingerprint density at radius 3 is 2.15 bits per heavy atom. The molecule has 0 aliphatic rings. The molecule has 0 saturated heterocycles. The minimum absolute atomic E-state index is 0.0479. The van der Waals surface area contributed by atoms with Crippen molar-refractivity contribution >= 4 is 21.5 Å². The SMILES string of the molecule is CCc1ccc(NC=C(C(=O)OC)S(=O)(=O)c2ccc(C(C)C)cc2)cc1. The Bertz CT molecular complexity index is 912. The molecule has 0 spiro atoms. The molecule has 0 aliphatic carbocycles. The molecule has 6 heteroatoms. The summed E-state index contributed by atoms with van der Waals surface area (Å²) in [5, 5.41) is 2.87. The Morgan fingerprint density at radius 2 is 1.67 bits per heavy atom. The molecule has 0 saturated carbocycles. The summed E-state index contributed by atoms with van der Waals surface area (Å²) in [6.07, 6.45) is 2.09. The number of benzene rings is 2. The van der Waals surface area contributed by atoms with Gasteiger partial charge in [0.25, 0.3) is 0 Å². The molecule has 0 bridgehead atoms. The van der Waals surface area contributed by atoms with Gasteiger partial charge in [-0.1, -0.05) is 45.0 Å². The number of hydrogen-bond donors (Lipinski definition) is 1. The maximum atomic E-state index is 12.9. The van der Waals surface area contributed by atoms with Crippen LogP contribution in [0.15, 0.2) is 64.5 Å². The third kappa shape index (κ3) is 4.98. The second-order valence-corrected chi connectivity index (χ2v) is 8.34. The van der Waals surface area contributed by atoms with Gasteiger partial charge in [-0.3, -0.25) is 0 Å². The predicted octanol–water partition coefficient (Wildman–Crippen LogP) is 4.27. The summed E-state index contributed by atoms with van der Waals surface area (Å²) in [6, 6.07) is 14.1. The summed E-state index contributed by atoms with van der Waals surface area (Å²) in [6.45, 7) is 6.10. The number of carbonyl (C=O) groups excluding carboxylic acids is 1. The van der Waals surface area contributed by atoms with E-state index in [0.29, 0.717) is 5.69 Å². The molecule has 0 fully saturated rings. The minimum atomic E-state index is -4.01. The number of anilines is 1. The lowest BCUT2D eigenvalue weighted by molar-refractivity contribution is -0.135. The number of esters is 1. The summed E-state index contributed by atoms with van der Waals surface area (Å²) >= 11 is 0. The molecule has 1 N–H and O–H groups in total. The number of aryl methyl sites for hydroxylation is 1. The Hall–Kier alpha value is -2.60. The van der Waals surface area contributed by atoms with Gasteiger partial charge in [-0.25, -0.2) is 13.2 Å². The van der Waals surface area contributed by atoms with Crippen molar-refractivity contribution in [2.24, 2.45) is 0 Å². The van der Waals surface area contributed by atoms with E-state index < -0.39 is 20.7 Å². The van der Waals surface area contributed by atoms with E-state index in [-0.39, 0.29) is 10.8 Å². The lowest BCUT2D eigenvalue weighted by Gasteiger charge is -2.11. The Labute approximate surface area is 161 Å². The van der Waals surface area contributed by atoms with Gasteiger partial charge in [-0.2, -0.15) is 0 Å². The highest BCUT2D eigenvalue weighted by molar-refractivity contribution is 7.96. The number of rotatable bonds is 7. The van der Waals surface area contributed by atoms with Gasteiger partial charge in [-0.05, 0) is 47.7 Å². The smallest absolute Gasteiger partial charge is 0.351 e. The molecule has 2 aromatic carbocycles. The predicted molar refractivity (Wildman–Crippen MR) is 107 cm³/mol. The monoisotopic (exact) mass is 387 g/mol.